The first-order valence-corrected chi connectivity index (χ1v) is 7.88. The van der Waals surface area contributed by atoms with Gasteiger partial charge in [0.25, 0.3) is 0 Å². The summed E-state index contributed by atoms with van der Waals surface area (Å²) in [6, 6.07) is 8.98. The van der Waals surface area contributed by atoms with Gasteiger partial charge in [0, 0.05) is 19.0 Å². The molecular weight excluding hydrogens is 246 g/mol. The molecule has 0 fully saturated rings. The molecule has 2 atom stereocenters. The number of ether oxygens (including phenoxy) is 1. The van der Waals surface area contributed by atoms with Crippen LogP contribution in [0.3, 0.4) is 0 Å². The molecule has 2 heteroatoms. The normalized spacial score (nSPS) is 20.9. The molecule has 0 saturated heterocycles. The smallest absolute Gasteiger partial charge is 0.123 e. The predicted molar refractivity (Wildman–Crippen MR) is 85.3 cm³/mol. The molecule has 1 aliphatic rings. The van der Waals surface area contributed by atoms with E-state index < -0.39 is 0 Å². The van der Waals surface area contributed by atoms with Crippen molar-refractivity contribution < 1.29 is 4.74 Å². The molecule has 0 saturated carbocycles. The highest BCUT2D eigenvalue weighted by molar-refractivity contribution is 5.37. The summed E-state index contributed by atoms with van der Waals surface area (Å²) in [5.41, 5.74) is 1.64. The third kappa shape index (κ3) is 3.54. The maximum atomic E-state index is 6.13. The van der Waals surface area contributed by atoms with E-state index in [0.29, 0.717) is 18.1 Å². The van der Waals surface area contributed by atoms with Crippen molar-refractivity contribution in [3.63, 3.8) is 0 Å². The number of hydrogen-bond donors (Lipinski definition) is 1. The Kier molecular flexibility index (Phi) is 4.74. The Bertz CT molecular complexity index is 416. The highest BCUT2D eigenvalue weighted by Gasteiger charge is 2.34. The molecule has 1 aliphatic heterocycles. The molecule has 2 unspecified atom stereocenters. The molecule has 1 aromatic rings. The van der Waals surface area contributed by atoms with E-state index >= 15 is 0 Å². The SMILES string of the molecule is CC(C)NCC(C)(CC1Cc2ccccc2O1)C(C)C. The molecule has 2 rings (SSSR count). The van der Waals surface area contributed by atoms with Gasteiger partial charge in [0.15, 0.2) is 0 Å². The number of fused-ring (bicyclic) bond motifs is 1. The quantitative estimate of drug-likeness (QED) is 0.846. The summed E-state index contributed by atoms with van der Waals surface area (Å²) in [6.07, 6.45) is 2.49. The van der Waals surface area contributed by atoms with Gasteiger partial charge in [-0.2, -0.15) is 0 Å². The average molecular weight is 275 g/mol. The monoisotopic (exact) mass is 275 g/mol. The van der Waals surface area contributed by atoms with E-state index in [4.69, 9.17) is 4.74 Å². The summed E-state index contributed by atoms with van der Waals surface area (Å²) in [7, 11) is 0. The van der Waals surface area contributed by atoms with Gasteiger partial charge in [-0.3, -0.25) is 0 Å². The summed E-state index contributed by atoms with van der Waals surface area (Å²) in [5, 5.41) is 3.61. The van der Waals surface area contributed by atoms with Crippen molar-refractivity contribution in [2.24, 2.45) is 11.3 Å². The van der Waals surface area contributed by atoms with Crippen LogP contribution in [0.15, 0.2) is 24.3 Å². The number of benzene rings is 1. The first-order valence-electron chi connectivity index (χ1n) is 7.88. The third-order valence-corrected chi connectivity index (χ3v) is 4.72. The van der Waals surface area contributed by atoms with Gasteiger partial charge in [-0.15, -0.1) is 0 Å². The van der Waals surface area contributed by atoms with E-state index in [1.165, 1.54) is 5.56 Å². The van der Waals surface area contributed by atoms with Crippen LogP contribution in [0.4, 0.5) is 0 Å². The highest BCUT2D eigenvalue weighted by atomic mass is 16.5. The third-order valence-electron chi connectivity index (χ3n) is 4.72. The zero-order valence-corrected chi connectivity index (χ0v) is 13.6. The Morgan fingerprint density at radius 3 is 2.55 bits per heavy atom. The minimum absolute atomic E-state index is 0.275. The fourth-order valence-corrected chi connectivity index (χ4v) is 2.84. The zero-order chi connectivity index (χ0) is 14.8. The van der Waals surface area contributed by atoms with Crippen LogP contribution >= 0.6 is 0 Å². The Morgan fingerprint density at radius 2 is 1.95 bits per heavy atom. The second-order valence-corrected chi connectivity index (χ2v) is 7.10. The van der Waals surface area contributed by atoms with E-state index in [2.05, 4.69) is 64.2 Å². The Hall–Kier alpha value is -1.02. The Balaban J connectivity index is 2.00. The van der Waals surface area contributed by atoms with Crippen LogP contribution in [0.25, 0.3) is 0 Å². The van der Waals surface area contributed by atoms with Crippen LogP contribution in [0.1, 0.15) is 46.6 Å². The largest absolute Gasteiger partial charge is 0.490 e. The maximum Gasteiger partial charge on any atom is 0.123 e. The van der Waals surface area contributed by atoms with Crippen LogP contribution in [0, 0.1) is 11.3 Å². The lowest BCUT2D eigenvalue weighted by Gasteiger charge is -2.36. The molecule has 0 bridgehead atoms. The van der Waals surface area contributed by atoms with Crippen molar-refractivity contribution in [3.8, 4) is 5.75 Å². The molecule has 20 heavy (non-hydrogen) atoms. The van der Waals surface area contributed by atoms with Crippen molar-refractivity contribution in [2.75, 3.05) is 6.54 Å². The second kappa shape index (κ2) is 6.17. The van der Waals surface area contributed by atoms with Gasteiger partial charge in [0.05, 0.1) is 0 Å². The molecule has 2 nitrogen and oxygen atoms in total. The topological polar surface area (TPSA) is 21.3 Å². The maximum absolute atomic E-state index is 6.13. The second-order valence-electron chi connectivity index (χ2n) is 7.10. The van der Waals surface area contributed by atoms with Gasteiger partial charge in [-0.05, 0) is 29.4 Å². The van der Waals surface area contributed by atoms with E-state index in [-0.39, 0.29) is 5.41 Å². The number of hydrogen-bond acceptors (Lipinski definition) is 2. The summed E-state index contributed by atoms with van der Waals surface area (Å²) >= 11 is 0. The fourth-order valence-electron chi connectivity index (χ4n) is 2.84. The van der Waals surface area contributed by atoms with Gasteiger partial charge in [0.1, 0.15) is 11.9 Å². The van der Waals surface area contributed by atoms with Gasteiger partial charge in [0.2, 0.25) is 0 Å². The van der Waals surface area contributed by atoms with Crippen molar-refractivity contribution >= 4 is 0 Å². The van der Waals surface area contributed by atoms with Crippen LogP contribution < -0.4 is 10.1 Å². The minimum atomic E-state index is 0.275. The predicted octanol–water partition coefficient (Wildman–Crippen LogP) is 4.04. The lowest BCUT2D eigenvalue weighted by atomic mass is 9.74. The molecule has 0 amide bonds. The number of rotatable bonds is 6. The molecule has 0 aliphatic carbocycles. The molecule has 1 aromatic carbocycles. The standard InChI is InChI=1S/C18H29NO/c1-13(2)18(5,12-19-14(3)4)11-16-10-15-8-6-7-9-17(15)20-16/h6-9,13-14,16,19H,10-12H2,1-5H3. The zero-order valence-electron chi connectivity index (χ0n) is 13.6. The highest BCUT2D eigenvalue weighted by Crippen LogP contribution is 2.38. The van der Waals surface area contributed by atoms with Crippen LogP contribution in [0.5, 0.6) is 5.75 Å². The van der Waals surface area contributed by atoms with Gasteiger partial charge in [-0.1, -0.05) is 52.8 Å². The minimum Gasteiger partial charge on any atom is -0.490 e. The van der Waals surface area contributed by atoms with E-state index in [1.807, 2.05) is 0 Å². The first-order chi connectivity index (χ1) is 9.40. The van der Waals surface area contributed by atoms with Crippen molar-refractivity contribution in [1.82, 2.24) is 5.32 Å². The molecule has 1 heterocycles. The number of para-hydroxylation sites is 1. The molecule has 1 N–H and O–H groups in total. The first kappa shape index (κ1) is 15.4. The average Bonchev–Trinajstić information content (AvgIpc) is 2.78. The summed E-state index contributed by atoms with van der Waals surface area (Å²) in [5.74, 6) is 1.72. The Morgan fingerprint density at radius 1 is 1.25 bits per heavy atom. The lowest BCUT2D eigenvalue weighted by Crippen LogP contribution is -2.42. The lowest BCUT2D eigenvalue weighted by molar-refractivity contribution is 0.104. The van der Waals surface area contributed by atoms with Crippen molar-refractivity contribution in [2.45, 2.75) is 59.6 Å². The molecule has 112 valence electrons. The van der Waals surface area contributed by atoms with Gasteiger partial charge < -0.3 is 10.1 Å². The van der Waals surface area contributed by atoms with E-state index in [0.717, 1.165) is 25.1 Å². The molecule has 0 spiro atoms. The fraction of sp³-hybridized carbons (Fsp3) is 0.667. The molecular formula is C18H29NO. The summed E-state index contributed by atoms with van der Waals surface area (Å²) in [6.45, 7) is 12.5. The van der Waals surface area contributed by atoms with Crippen molar-refractivity contribution in [1.29, 1.82) is 0 Å². The molecule has 0 radical (unpaired) electrons. The summed E-state index contributed by atoms with van der Waals surface area (Å²) < 4.78 is 6.13. The van der Waals surface area contributed by atoms with E-state index in [9.17, 15) is 0 Å². The van der Waals surface area contributed by atoms with E-state index in [1.54, 1.807) is 0 Å². The summed E-state index contributed by atoms with van der Waals surface area (Å²) in [4.78, 5) is 0. The van der Waals surface area contributed by atoms with Crippen LogP contribution in [-0.2, 0) is 6.42 Å². The Labute approximate surface area is 123 Å². The van der Waals surface area contributed by atoms with Gasteiger partial charge in [-0.25, -0.2) is 0 Å². The number of nitrogens with one attached hydrogen (secondary N) is 1. The van der Waals surface area contributed by atoms with Crippen LogP contribution in [-0.4, -0.2) is 18.7 Å². The molecule has 0 aromatic heterocycles. The van der Waals surface area contributed by atoms with Crippen molar-refractivity contribution in [3.05, 3.63) is 29.8 Å². The van der Waals surface area contributed by atoms with Crippen LogP contribution in [0.2, 0.25) is 0 Å². The van der Waals surface area contributed by atoms with Gasteiger partial charge >= 0.3 is 0 Å².